The molecule has 1 heterocycles. The molecule has 1 rings (SSSR count). The average Bonchev–Trinajstić information content (AvgIpc) is 2.16. The quantitative estimate of drug-likeness (QED) is 0.696. The zero-order chi connectivity index (χ0) is 12.0. The van der Waals surface area contributed by atoms with Crippen molar-refractivity contribution >= 4 is 0 Å². The molecule has 1 fully saturated rings. The lowest BCUT2D eigenvalue weighted by molar-refractivity contribution is -0.0484. The molecule has 0 saturated carbocycles. The molecule has 0 atom stereocenters. The van der Waals surface area contributed by atoms with Gasteiger partial charge in [0.25, 0.3) is 0 Å². The van der Waals surface area contributed by atoms with Crippen molar-refractivity contribution in [1.82, 2.24) is 4.90 Å². The van der Waals surface area contributed by atoms with E-state index < -0.39 is 0 Å². The Morgan fingerprint density at radius 3 is 2.44 bits per heavy atom. The summed E-state index contributed by atoms with van der Waals surface area (Å²) in [5, 5.41) is 0. The lowest BCUT2D eigenvalue weighted by atomic mass is 9.96. The minimum atomic E-state index is 0.0143. The molecule has 3 heteroatoms. The van der Waals surface area contributed by atoms with Crippen LogP contribution in [0.15, 0.2) is 0 Å². The molecule has 16 heavy (non-hydrogen) atoms. The van der Waals surface area contributed by atoms with Crippen molar-refractivity contribution < 1.29 is 9.47 Å². The van der Waals surface area contributed by atoms with Gasteiger partial charge in [0.05, 0.1) is 25.4 Å². The van der Waals surface area contributed by atoms with E-state index in [0.29, 0.717) is 5.92 Å². The third-order valence-electron chi connectivity index (χ3n) is 2.90. The van der Waals surface area contributed by atoms with Gasteiger partial charge in [-0.3, -0.25) is 4.90 Å². The smallest absolute Gasteiger partial charge is 0.0629 e. The normalized spacial score (nSPS) is 19.3. The number of ether oxygens (including phenoxy) is 2. The molecule has 0 amide bonds. The van der Waals surface area contributed by atoms with Crippen molar-refractivity contribution in [2.24, 2.45) is 5.92 Å². The second-order valence-corrected chi connectivity index (χ2v) is 5.66. The van der Waals surface area contributed by atoms with Crippen LogP contribution in [0.3, 0.4) is 0 Å². The van der Waals surface area contributed by atoms with E-state index in [0.717, 1.165) is 45.9 Å². The zero-order valence-electron chi connectivity index (χ0n) is 11.3. The van der Waals surface area contributed by atoms with Crippen LogP contribution in [-0.4, -0.2) is 50.0 Å². The molecular weight excluding hydrogens is 202 g/mol. The Morgan fingerprint density at radius 2 is 1.88 bits per heavy atom. The van der Waals surface area contributed by atoms with Crippen molar-refractivity contribution in [1.29, 1.82) is 0 Å². The summed E-state index contributed by atoms with van der Waals surface area (Å²) in [6, 6.07) is 0. The molecule has 1 aliphatic rings. The molecule has 1 aliphatic heterocycles. The molecule has 0 aromatic carbocycles. The first kappa shape index (κ1) is 13.9. The average molecular weight is 229 g/mol. The van der Waals surface area contributed by atoms with Gasteiger partial charge in [-0.1, -0.05) is 13.8 Å². The SMILES string of the molecule is CC(C)CC(C)(C)OCCN1CCOCC1. The van der Waals surface area contributed by atoms with E-state index in [1.807, 2.05) is 0 Å². The maximum Gasteiger partial charge on any atom is 0.0629 e. The Labute approximate surface area is 100 Å². The van der Waals surface area contributed by atoms with Crippen LogP contribution in [-0.2, 0) is 9.47 Å². The van der Waals surface area contributed by atoms with Crippen molar-refractivity contribution in [3.63, 3.8) is 0 Å². The Balaban J connectivity index is 2.13. The molecule has 0 aromatic heterocycles. The molecule has 0 aliphatic carbocycles. The first-order chi connectivity index (χ1) is 7.49. The standard InChI is InChI=1S/C13H27NO2/c1-12(2)11-13(3,4)16-10-7-14-5-8-15-9-6-14/h12H,5-11H2,1-4H3. The van der Waals surface area contributed by atoms with Crippen LogP contribution in [0.1, 0.15) is 34.1 Å². The molecule has 1 saturated heterocycles. The Bertz CT molecular complexity index is 186. The monoisotopic (exact) mass is 229 g/mol. The van der Waals surface area contributed by atoms with E-state index in [9.17, 15) is 0 Å². The molecule has 0 spiro atoms. The number of rotatable bonds is 6. The van der Waals surface area contributed by atoms with Gasteiger partial charge >= 0.3 is 0 Å². The van der Waals surface area contributed by atoms with Gasteiger partial charge in [-0.05, 0) is 26.2 Å². The molecular formula is C13H27NO2. The maximum atomic E-state index is 5.96. The number of hydrogen-bond acceptors (Lipinski definition) is 3. The van der Waals surface area contributed by atoms with Gasteiger partial charge in [-0.2, -0.15) is 0 Å². The number of nitrogens with zero attached hydrogens (tertiary/aromatic N) is 1. The van der Waals surface area contributed by atoms with E-state index in [1.54, 1.807) is 0 Å². The molecule has 0 bridgehead atoms. The summed E-state index contributed by atoms with van der Waals surface area (Å²) in [6.07, 6.45) is 1.12. The van der Waals surface area contributed by atoms with Crippen molar-refractivity contribution in [2.45, 2.75) is 39.7 Å². The largest absolute Gasteiger partial charge is 0.379 e. The lowest BCUT2D eigenvalue weighted by Gasteiger charge is -2.30. The van der Waals surface area contributed by atoms with E-state index >= 15 is 0 Å². The Kier molecular flexibility index (Phi) is 5.73. The first-order valence-electron chi connectivity index (χ1n) is 6.44. The third-order valence-corrected chi connectivity index (χ3v) is 2.90. The van der Waals surface area contributed by atoms with Gasteiger partial charge in [0, 0.05) is 19.6 Å². The first-order valence-corrected chi connectivity index (χ1v) is 6.44. The Morgan fingerprint density at radius 1 is 1.25 bits per heavy atom. The van der Waals surface area contributed by atoms with Crippen LogP contribution in [0, 0.1) is 5.92 Å². The summed E-state index contributed by atoms with van der Waals surface area (Å²) in [5.74, 6) is 0.693. The summed E-state index contributed by atoms with van der Waals surface area (Å²) in [6.45, 7) is 14.6. The summed E-state index contributed by atoms with van der Waals surface area (Å²) in [4.78, 5) is 2.41. The third kappa shape index (κ3) is 5.83. The predicted molar refractivity (Wildman–Crippen MR) is 66.7 cm³/mol. The van der Waals surface area contributed by atoms with Crippen LogP contribution in [0.25, 0.3) is 0 Å². The highest BCUT2D eigenvalue weighted by atomic mass is 16.5. The summed E-state index contributed by atoms with van der Waals surface area (Å²) in [7, 11) is 0. The maximum absolute atomic E-state index is 5.96. The van der Waals surface area contributed by atoms with Gasteiger partial charge in [0.1, 0.15) is 0 Å². The van der Waals surface area contributed by atoms with Gasteiger partial charge in [0.15, 0.2) is 0 Å². The minimum Gasteiger partial charge on any atom is -0.379 e. The molecule has 0 aromatic rings. The van der Waals surface area contributed by atoms with Crippen LogP contribution in [0.5, 0.6) is 0 Å². The van der Waals surface area contributed by atoms with E-state index in [-0.39, 0.29) is 5.60 Å². The molecule has 0 unspecified atom stereocenters. The fourth-order valence-electron chi connectivity index (χ4n) is 2.32. The second kappa shape index (κ2) is 6.58. The molecule has 3 nitrogen and oxygen atoms in total. The minimum absolute atomic E-state index is 0.0143. The summed E-state index contributed by atoms with van der Waals surface area (Å²) in [5.41, 5.74) is 0.0143. The van der Waals surface area contributed by atoms with Gasteiger partial charge in [-0.15, -0.1) is 0 Å². The Hall–Kier alpha value is -0.120. The van der Waals surface area contributed by atoms with Crippen molar-refractivity contribution in [2.75, 3.05) is 39.5 Å². The molecule has 0 radical (unpaired) electrons. The number of hydrogen-bond donors (Lipinski definition) is 0. The number of morpholine rings is 1. The highest BCUT2D eigenvalue weighted by Gasteiger charge is 2.20. The van der Waals surface area contributed by atoms with Gasteiger partial charge in [-0.25, -0.2) is 0 Å². The van der Waals surface area contributed by atoms with E-state index in [2.05, 4.69) is 32.6 Å². The topological polar surface area (TPSA) is 21.7 Å². The summed E-state index contributed by atoms with van der Waals surface area (Å²) < 4.78 is 11.3. The van der Waals surface area contributed by atoms with Crippen LogP contribution < -0.4 is 0 Å². The van der Waals surface area contributed by atoms with Gasteiger partial charge in [0.2, 0.25) is 0 Å². The fourth-order valence-corrected chi connectivity index (χ4v) is 2.32. The van der Waals surface area contributed by atoms with Gasteiger partial charge < -0.3 is 9.47 Å². The summed E-state index contributed by atoms with van der Waals surface area (Å²) >= 11 is 0. The lowest BCUT2D eigenvalue weighted by Crippen LogP contribution is -2.39. The van der Waals surface area contributed by atoms with E-state index in [4.69, 9.17) is 9.47 Å². The van der Waals surface area contributed by atoms with Crippen LogP contribution >= 0.6 is 0 Å². The molecule has 0 N–H and O–H groups in total. The second-order valence-electron chi connectivity index (χ2n) is 5.66. The molecule has 96 valence electrons. The fraction of sp³-hybridized carbons (Fsp3) is 1.00. The predicted octanol–water partition coefficient (Wildman–Crippen LogP) is 2.16. The zero-order valence-corrected chi connectivity index (χ0v) is 11.3. The van der Waals surface area contributed by atoms with Crippen molar-refractivity contribution in [3.05, 3.63) is 0 Å². The van der Waals surface area contributed by atoms with Crippen LogP contribution in [0.2, 0.25) is 0 Å². The highest BCUT2D eigenvalue weighted by Crippen LogP contribution is 2.19. The van der Waals surface area contributed by atoms with Crippen LogP contribution in [0.4, 0.5) is 0 Å². The van der Waals surface area contributed by atoms with E-state index in [1.165, 1.54) is 0 Å². The highest BCUT2D eigenvalue weighted by molar-refractivity contribution is 4.71. The van der Waals surface area contributed by atoms with Crippen molar-refractivity contribution in [3.8, 4) is 0 Å².